The molecule has 0 fully saturated rings. The number of carbonyl (C=O) groups is 1. The van der Waals surface area contributed by atoms with E-state index in [1.54, 1.807) is 6.07 Å². The molecule has 0 aliphatic heterocycles. The van der Waals surface area contributed by atoms with Crippen molar-refractivity contribution in [2.24, 2.45) is 0 Å². The van der Waals surface area contributed by atoms with Gasteiger partial charge in [0.05, 0.1) is 5.52 Å². The van der Waals surface area contributed by atoms with Crippen LogP contribution >= 0.6 is 0 Å². The van der Waals surface area contributed by atoms with Crippen molar-refractivity contribution in [1.82, 2.24) is 4.98 Å². The summed E-state index contributed by atoms with van der Waals surface area (Å²) in [6.45, 7) is 0. The monoisotopic (exact) mass is 283 g/mol. The highest BCUT2D eigenvalue weighted by atomic mass is 16.1. The fraction of sp³-hybridized carbons (Fsp3) is 0. The van der Waals surface area contributed by atoms with Crippen molar-refractivity contribution in [2.75, 3.05) is 0 Å². The summed E-state index contributed by atoms with van der Waals surface area (Å²) in [7, 11) is 0. The maximum absolute atomic E-state index is 12.7. The number of aromatic nitrogens is 1. The number of hydrogen-bond acceptors (Lipinski definition) is 2. The molecule has 22 heavy (non-hydrogen) atoms. The van der Waals surface area contributed by atoms with E-state index in [1.165, 1.54) is 0 Å². The number of benzene rings is 3. The van der Waals surface area contributed by atoms with Crippen molar-refractivity contribution >= 4 is 27.5 Å². The number of rotatable bonds is 2. The molecule has 2 heteroatoms. The Morgan fingerprint density at radius 2 is 1.36 bits per heavy atom. The van der Waals surface area contributed by atoms with Crippen LogP contribution in [0.1, 0.15) is 16.1 Å². The van der Waals surface area contributed by atoms with E-state index < -0.39 is 0 Å². The van der Waals surface area contributed by atoms with Crippen LogP contribution < -0.4 is 0 Å². The number of fused-ring (bicyclic) bond motifs is 2. The summed E-state index contributed by atoms with van der Waals surface area (Å²) < 4.78 is 0. The third-order valence-electron chi connectivity index (χ3n) is 3.84. The lowest BCUT2D eigenvalue weighted by Gasteiger charge is -2.04. The van der Waals surface area contributed by atoms with Gasteiger partial charge in [0.25, 0.3) is 0 Å². The first-order chi connectivity index (χ1) is 10.8. The molecule has 0 aliphatic carbocycles. The van der Waals surface area contributed by atoms with E-state index in [9.17, 15) is 4.79 Å². The van der Waals surface area contributed by atoms with E-state index >= 15 is 0 Å². The third kappa shape index (κ3) is 2.15. The molecule has 0 saturated carbocycles. The predicted molar refractivity (Wildman–Crippen MR) is 89.1 cm³/mol. The Labute approximate surface area is 128 Å². The molecule has 0 radical (unpaired) electrons. The number of pyridine rings is 1. The minimum atomic E-state index is -0.0449. The molecule has 4 aromatic rings. The van der Waals surface area contributed by atoms with Crippen molar-refractivity contribution in [1.29, 1.82) is 0 Å². The summed E-state index contributed by atoms with van der Waals surface area (Å²) in [5, 5.41) is 3.23. The Balaban J connectivity index is 1.80. The molecule has 104 valence electrons. The molecule has 4 rings (SSSR count). The van der Waals surface area contributed by atoms with Crippen LogP contribution in [0.25, 0.3) is 21.7 Å². The summed E-state index contributed by atoms with van der Waals surface area (Å²) in [6.07, 6.45) is 0. The molecule has 0 spiro atoms. The van der Waals surface area contributed by atoms with Gasteiger partial charge >= 0.3 is 0 Å². The Morgan fingerprint density at radius 1 is 0.682 bits per heavy atom. The molecular weight excluding hydrogens is 270 g/mol. The van der Waals surface area contributed by atoms with Crippen LogP contribution in [0.2, 0.25) is 0 Å². The lowest BCUT2D eigenvalue weighted by atomic mass is 10.0. The second-order valence-corrected chi connectivity index (χ2v) is 5.28. The summed E-state index contributed by atoms with van der Waals surface area (Å²) in [6, 6.07) is 25.3. The normalized spacial score (nSPS) is 10.9. The quantitative estimate of drug-likeness (QED) is 0.502. The zero-order chi connectivity index (χ0) is 14.9. The van der Waals surface area contributed by atoms with E-state index in [1.807, 2.05) is 72.8 Å². The van der Waals surface area contributed by atoms with Crippen LogP contribution in [0.4, 0.5) is 0 Å². The smallest absolute Gasteiger partial charge is 0.211 e. The molecule has 1 heterocycles. The van der Waals surface area contributed by atoms with Crippen molar-refractivity contribution < 1.29 is 4.79 Å². The fourth-order valence-electron chi connectivity index (χ4n) is 2.67. The van der Waals surface area contributed by atoms with Gasteiger partial charge in [-0.2, -0.15) is 0 Å². The van der Waals surface area contributed by atoms with Gasteiger partial charge in [-0.1, -0.05) is 60.7 Å². The molecule has 1 aromatic heterocycles. The Hall–Kier alpha value is -3.00. The predicted octanol–water partition coefficient (Wildman–Crippen LogP) is 4.62. The van der Waals surface area contributed by atoms with Crippen LogP contribution in [0.15, 0.2) is 78.9 Å². The van der Waals surface area contributed by atoms with Crippen molar-refractivity contribution in [3.63, 3.8) is 0 Å². The van der Waals surface area contributed by atoms with E-state index in [0.29, 0.717) is 11.3 Å². The molecule has 0 atom stereocenters. The molecule has 0 aliphatic rings. The number of ketones is 1. The first-order valence-corrected chi connectivity index (χ1v) is 7.20. The zero-order valence-corrected chi connectivity index (χ0v) is 11.9. The maximum atomic E-state index is 12.7. The first-order valence-electron chi connectivity index (χ1n) is 7.20. The average molecular weight is 283 g/mol. The molecule has 0 saturated heterocycles. The highest BCUT2D eigenvalue weighted by Gasteiger charge is 2.11. The zero-order valence-electron chi connectivity index (χ0n) is 11.9. The van der Waals surface area contributed by atoms with E-state index in [2.05, 4.69) is 4.98 Å². The fourth-order valence-corrected chi connectivity index (χ4v) is 2.67. The van der Waals surface area contributed by atoms with Gasteiger partial charge in [0.15, 0.2) is 0 Å². The molecule has 3 aromatic carbocycles. The number of hydrogen-bond donors (Lipinski definition) is 0. The number of para-hydroxylation sites is 1. The Bertz CT molecular complexity index is 923. The largest absolute Gasteiger partial charge is 0.287 e. The molecule has 0 amide bonds. The summed E-state index contributed by atoms with van der Waals surface area (Å²) in [4.78, 5) is 17.2. The Morgan fingerprint density at radius 3 is 2.23 bits per heavy atom. The molecular formula is C20H13NO. The van der Waals surface area contributed by atoms with Crippen LogP contribution in [0, 0.1) is 0 Å². The van der Waals surface area contributed by atoms with E-state index in [-0.39, 0.29) is 5.78 Å². The second-order valence-electron chi connectivity index (χ2n) is 5.28. The van der Waals surface area contributed by atoms with Gasteiger partial charge in [0.1, 0.15) is 5.69 Å². The van der Waals surface area contributed by atoms with Crippen molar-refractivity contribution in [3.05, 3.63) is 90.1 Å². The summed E-state index contributed by atoms with van der Waals surface area (Å²) >= 11 is 0. The van der Waals surface area contributed by atoms with Crippen LogP contribution in [-0.4, -0.2) is 10.8 Å². The van der Waals surface area contributed by atoms with Gasteiger partial charge < -0.3 is 0 Å². The standard InChI is InChI=1S/C20H13NO/c22-20(17-10-9-14-5-1-2-7-16(14)13-17)19-12-11-15-6-3-4-8-18(15)21-19/h1-13H. The lowest BCUT2D eigenvalue weighted by Crippen LogP contribution is -2.04. The van der Waals surface area contributed by atoms with Crippen molar-refractivity contribution in [3.8, 4) is 0 Å². The Kier molecular flexibility index (Phi) is 2.94. The van der Waals surface area contributed by atoms with Gasteiger partial charge in [0, 0.05) is 10.9 Å². The van der Waals surface area contributed by atoms with Gasteiger partial charge in [-0.05, 0) is 29.0 Å². The van der Waals surface area contributed by atoms with Gasteiger partial charge in [-0.15, -0.1) is 0 Å². The molecule has 0 N–H and O–H groups in total. The molecule has 0 unspecified atom stereocenters. The maximum Gasteiger partial charge on any atom is 0.211 e. The lowest BCUT2D eigenvalue weighted by molar-refractivity contribution is 0.103. The number of nitrogens with zero attached hydrogens (tertiary/aromatic N) is 1. The number of carbonyl (C=O) groups excluding carboxylic acids is 1. The van der Waals surface area contributed by atoms with Gasteiger partial charge in [-0.3, -0.25) is 4.79 Å². The van der Waals surface area contributed by atoms with Gasteiger partial charge in [-0.25, -0.2) is 4.98 Å². The SMILES string of the molecule is O=C(c1ccc2ccccc2c1)c1ccc2ccccc2n1. The highest BCUT2D eigenvalue weighted by Crippen LogP contribution is 2.19. The summed E-state index contributed by atoms with van der Waals surface area (Å²) in [5.74, 6) is -0.0449. The van der Waals surface area contributed by atoms with E-state index in [0.717, 1.165) is 21.7 Å². The van der Waals surface area contributed by atoms with Crippen LogP contribution in [-0.2, 0) is 0 Å². The average Bonchev–Trinajstić information content (AvgIpc) is 2.60. The molecule has 2 nitrogen and oxygen atoms in total. The third-order valence-corrected chi connectivity index (χ3v) is 3.84. The topological polar surface area (TPSA) is 30.0 Å². The first kappa shape index (κ1) is 12.7. The van der Waals surface area contributed by atoms with Crippen LogP contribution in [0.3, 0.4) is 0 Å². The van der Waals surface area contributed by atoms with Crippen LogP contribution in [0.5, 0.6) is 0 Å². The minimum Gasteiger partial charge on any atom is -0.287 e. The van der Waals surface area contributed by atoms with Gasteiger partial charge in [0.2, 0.25) is 5.78 Å². The highest BCUT2D eigenvalue weighted by molar-refractivity contribution is 6.10. The van der Waals surface area contributed by atoms with E-state index in [4.69, 9.17) is 0 Å². The second kappa shape index (κ2) is 5.08. The summed E-state index contributed by atoms with van der Waals surface area (Å²) in [5.41, 5.74) is 1.99. The van der Waals surface area contributed by atoms with Crippen molar-refractivity contribution in [2.45, 2.75) is 0 Å². The molecule has 0 bridgehead atoms. The minimum absolute atomic E-state index is 0.0449.